The number of piperazine rings is 1. The van der Waals surface area contributed by atoms with Crippen molar-refractivity contribution in [2.24, 2.45) is 5.73 Å². The summed E-state index contributed by atoms with van der Waals surface area (Å²) in [6.07, 6.45) is 3.47. The van der Waals surface area contributed by atoms with Gasteiger partial charge in [0, 0.05) is 55.6 Å². The summed E-state index contributed by atoms with van der Waals surface area (Å²) in [5.74, 6) is 0.823. The lowest BCUT2D eigenvalue weighted by atomic mass is 10.2. The Morgan fingerprint density at radius 2 is 2.03 bits per heavy atom. The molecule has 2 heterocycles. The van der Waals surface area contributed by atoms with E-state index >= 15 is 0 Å². The lowest BCUT2D eigenvalue weighted by Gasteiger charge is -2.35. The second-order valence-corrected chi connectivity index (χ2v) is 9.96. The minimum Gasteiger partial charge on any atom is -0.492 e. The standard InChI is InChI=1S/C22H29N7O4S/c1-3-33-19-13-16(7-8-18(19)28-9-11-29(12-10-28)34(31,32)4-2)26-22-24-14-17(20(23)30)21(27-22)25-15-5-6-15/h4,7-8,13-15H,2-3,5-6,9-12H2,1H3,(H2,23,30)(H2,24,25,26,27). The summed E-state index contributed by atoms with van der Waals surface area (Å²) >= 11 is 0. The average Bonchev–Trinajstić information content (AvgIpc) is 3.64. The summed E-state index contributed by atoms with van der Waals surface area (Å²) in [5.41, 5.74) is 7.29. The number of benzene rings is 1. The van der Waals surface area contributed by atoms with Crippen molar-refractivity contribution in [1.82, 2.24) is 14.3 Å². The predicted molar refractivity (Wildman–Crippen MR) is 131 cm³/mol. The first-order valence-corrected chi connectivity index (χ1v) is 12.7. The Kier molecular flexibility index (Phi) is 6.89. The van der Waals surface area contributed by atoms with Crippen molar-refractivity contribution in [3.05, 3.63) is 41.9 Å². The number of anilines is 4. The van der Waals surface area contributed by atoms with Gasteiger partial charge in [0.05, 0.1) is 17.9 Å². The minimum atomic E-state index is -3.42. The molecule has 2 aliphatic rings. The molecule has 1 aromatic carbocycles. The van der Waals surface area contributed by atoms with Gasteiger partial charge in [-0.3, -0.25) is 4.79 Å². The number of ether oxygens (including phenoxy) is 1. The van der Waals surface area contributed by atoms with E-state index in [0.717, 1.165) is 23.9 Å². The number of nitrogens with zero attached hydrogens (tertiary/aromatic N) is 4. The third kappa shape index (κ3) is 5.39. The summed E-state index contributed by atoms with van der Waals surface area (Å²) in [6.45, 7) is 7.59. The summed E-state index contributed by atoms with van der Waals surface area (Å²) in [4.78, 5) is 22.5. The predicted octanol–water partition coefficient (Wildman–Crippen LogP) is 1.89. The van der Waals surface area contributed by atoms with Gasteiger partial charge in [0.1, 0.15) is 11.6 Å². The van der Waals surface area contributed by atoms with Gasteiger partial charge in [-0.15, -0.1) is 0 Å². The van der Waals surface area contributed by atoms with Gasteiger partial charge in [0.15, 0.2) is 0 Å². The molecule has 11 nitrogen and oxygen atoms in total. The molecule has 1 aliphatic heterocycles. The van der Waals surface area contributed by atoms with Crippen LogP contribution in [-0.2, 0) is 10.0 Å². The highest BCUT2D eigenvalue weighted by molar-refractivity contribution is 7.92. The first kappa shape index (κ1) is 23.8. The van der Waals surface area contributed by atoms with Crippen molar-refractivity contribution in [3.63, 3.8) is 0 Å². The highest BCUT2D eigenvalue weighted by Gasteiger charge is 2.27. The number of primary amides is 1. The molecule has 0 spiro atoms. The first-order valence-electron chi connectivity index (χ1n) is 11.2. The smallest absolute Gasteiger partial charge is 0.254 e. The van der Waals surface area contributed by atoms with Gasteiger partial charge < -0.3 is 26.0 Å². The van der Waals surface area contributed by atoms with E-state index in [9.17, 15) is 13.2 Å². The Balaban J connectivity index is 1.52. The fourth-order valence-electron chi connectivity index (χ4n) is 3.70. The normalized spacial score (nSPS) is 16.7. The molecule has 2 aromatic rings. The number of sulfonamides is 1. The van der Waals surface area contributed by atoms with Crippen molar-refractivity contribution >= 4 is 39.1 Å². The number of aromatic nitrogens is 2. The van der Waals surface area contributed by atoms with Gasteiger partial charge in [0.2, 0.25) is 16.0 Å². The molecule has 34 heavy (non-hydrogen) atoms. The Labute approximate surface area is 199 Å². The van der Waals surface area contributed by atoms with Gasteiger partial charge in [-0.1, -0.05) is 6.58 Å². The number of amides is 1. The average molecular weight is 488 g/mol. The second kappa shape index (κ2) is 9.85. The highest BCUT2D eigenvalue weighted by Crippen LogP contribution is 2.34. The number of carbonyl (C=O) groups is 1. The topological polar surface area (TPSA) is 143 Å². The van der Waals surface area contributed by atoms with Crippen molar-refractivity contribution in [1.29, 1.82) is 0 Å². The lowest BCUT2D eigenvalue weighted by Crippen LogP contribution is -2.48. The molecule has 0 unspecified atom stereocenters. The summed E-state index contributed by atoms with van der Waals surface area (Å²) in [6, 6.07) is 5.95. The Morgan fingerprint density at radius 1 is 1.29 bits per heavy atom. The van der Waals surface area contributed by atoms with E-state index in [1.54, 1.807) is 0 Å². The van der Waals surface area contributed by atoms with E-state index < -0.39 is 15.9 Å². The van der Waals surface area contributed by atoms with Crippen LogP contribution in [0.3, 0.4) is 0 Å². The molecule has 1 aromatic heterocycles. The van der Waals surface area contributed by atoms with Crippen LogP contribution in [-0.4, -0.2) is 67.4 Å². The number of nitrogens with two attached hydrogens (primary N) is 1. The highest BCUT2D eigenvalue weighted by atomic mass is 32.2. The van der Waals surface area contributed by atoms with Crippen LogP contribution < -0.4 is 26.0 Å². The van der Waals surface area contributed by atoms with E-state index in [1.807, 2.05) is 25.1 Å². The minimum absolute atomic E-state index is 0.250. The molecule has 4 rings (SSSR count). The van der Waals surface area contributed by atoms with Crippen molar-refractivity contribution in [3.8, 4) is 5.75 Å². The number of hydrogen-bond acceptors (Lipinski definition) is 9. The fraction of sp³-hybridized carbons (Fsp3) is 0.409. The number of hydrogen-bond donors (Lipinski definition) is 3. The molecule has 0 radical (unpaired) electrons. The van der Waals surface area contributed by atoms with Crippen molar-refractivity contribution < 1.29 is 17.9 Å². The summed E-state index contributed by atoms with van der Waals surface area (Å²) in [7, 11) is -3.42. The van der Waals surface area contributed by atoms with Crippen LogP contribution in [0.15, 0.2) is 36.4 Å². The molecule has 1 aliphatic carbocycles. The zero-order valence-corrected chi connectivity index (χ0v) is 19.8. The largest absolute Gasteiger partial charge is 0.492 e. The molecular formula is C22H29N7O4S. The first-order chi connectivity index (χ1) is 16.3. The quantitative estimate of drug-likeness (QED) is 0.458. The van der Waals surface area contributed by atoms with E-state index in [1.165, 1.54) is 10.5 Å². The lowest BCUT2D eigenvalue weighted by molar-refractivity contribution is 0.100. The second-order valence-electron chi connectivity index (χ2n) is 8.08. The zero-order chi connectivity index (χ0) is 24.3. The van der Waals surface area contributed by atoms with Crippen molar-refractivity contribution in [2.45, 2.75) is 25.8 Å². The van der Waals surface area contributed by atoms with Gasteiger partial charge in [0.25, 0.3) is 5.91 Å². The number of carbonyl (C=O) groups excluding carboxylic acids is 1. The maximum Gasteiger partial charge on any atom is 0.254 e. The van der Waals surface area contributed by atoms with Crippen LogP contribution in [0, 0.1) is 0 Å². The van der Waals surface area contributed by atoms with Crippen LogP contribution in [0.1, 0.15) is 30.1 Å². The van der Waals surface area contributed by atoms with Crippen LogP contribution >= 0.6 is 0 Å². The van der Waals surface area contributed by atoms with Crippen LogP contribution in [0.4, 0.5) is 23.1 Å². The molecule has 0 atom stereocenters. The van der Waals surface area contributed by atoms with Gasteiger partial charge in [-0.25, -0.2) is 13.4 Å². The molecule has 2 fully saturated rings. The van der Waals surface area contributed by atoms with E-state index in [4.69, 9.17) is 10.5 Å². The fourth-order valence-corrected chi connectivity index (χ4v) is 4.58. The summed E-state index contributed by atoms with van der Waals surface area (Å²) in [5, 5.41) is 7.36. The SMILES string of the molecule is C=CS(=O)(=O)N1CCN(c2ccc(Nc3ncc(C(N)=O)c(NC4CC4)n3)cc2OCC)CC1. The Bertz CT molecular complexity index is 1180. The van der Waals surface area contributed by atoms with E-state index in [0.29, 0.717) is 62.0 Å². The molecule has 182 valence electrons. The van der Waals surface area contributed by atoms with Crippen LogP contribution in [0.2, 0.25) is 0 Å². The van der Waals surface area contributed by atoms with E-state index in [-0.39, 0.29) is 5.56 Å². The Morgan fingerprint density at radius 3 is 2.65 bits per heavy atom. The zero-order valence-electron chi connectivity index (χ0n) is 19.0. The third-order valence-electron chi connectivity index (χ3n) is 5.64. The number of nitrogens with one attached hydrogen (secondary N) is 2. The molecule has 1 saturated heterocycles. The van der Waals surface area contributed by atoms with Gasteiger partial charge in [-0.05, 0) is 31.9 Å². The Hall–Kier alpha value is -3.38. The monoisotopic (exact) mass is 487 g/mol. The van der Waals surface area contributed by atoms with Crippen LogP contribution in [0.25, 0.3) is 0 Å². The van der Waals surface area contributed by atoms with Crippen molar-refractivity contribution in [2.75, 3.05) is 48.3 Å². The van der Waals surface area contributed by atoms with E-state index in [2.05, 4.69) is 32.1 Å². The van der Waals surface area contributed by atoms with Crippen LogP contribution in [0.5, 0.6) is 5.75 Å². The molecule has 1 amide bonds. The molecule has 4 N–H and O–H groups in total. The maximum atomic E-state index is 12.0. The molecule has 1 saturated carbocycles. The number of rotatable bonds is 10. The molecule has 0 bridgehead atoms. The summed E-state index contributed by atoms with van der Waals surface area (Å²) < 4.78 is 31.4. The molecule has 12 heteroatoms. The third-order valence-corrected chi connectivity index (χ3v) is 7.14. The maximum absolute atomic E-state index is 12.0. The van der Waals surface area contributed by atoms with Gasteiger partial charge in [-0.2, -0.15) is 9.29 Å². The van der Waals surface area contributed by atoms with Gasteiger partial charge >= 0.3 is 0 Å². The molecular weight excluding hydrogens is 458 g/mol.